The third-order valence-corrected chi connectivity index (χ3v) is 8.58. The number of hydrogen-bond acceptors (Lipinski definition) is 7. The SMILES string of the molecule is C=CCCCOC(=O)[C@@H]1[C@H]2C(=O)N(CCCCCO)C(C(=O)N(CC=C)c3ccc(OC)cc3)C23CC[C@@]1(C)O3. The van der Waals surface area contributed by atoms with Gasteiger partial charge in [-0.2, -0.15) is 0 Å². The van der Waals surface area contributed by atoms with E-state index in [1.807, 2.05) is 6.92 Å². The van der Waals surface area contributed by atoms with Crippen LogP contribution in [0.3, 0.4) is 0 Å². The summed E-state index contributed by atoms with van der Waals surface area (Å²) >= 11 is 0. The predicted octanol–water partition coefficient (Wildman–Crippen LogP) is 3.65. The molecule has 2 amide bonds. The molecule has 0 saturated carbocycles. The van der Waals surface area contributed by atoms with E-state index < -0.39 is 35.0 Å². The molecule has 40 heavy (non-hydrogen) atoms. The lowest BCUT2D eigenvalue weighted by Gasteiger charge is -2.37. The number of aliphatic hydroxyl groups is 1. The van der Waals surface area contributed by atoms with Crippen molar-refractivity contribution in [2.24, 2.45) is 11.8 Å². The van der Waals surface area contributed by atoms with E-state index in [1.165, 1.54) is 0 Å². The van der Waals surface area contributed by atoms with Crippen molar-refractivity contribution in [3.05, 3.63) is 49.6 Å². The van der Waals surface area contributed by atoms with Crippen LogP contribution in [0.4, 0.5) is 5.69 Å². The first kappa shape index (κ1) is 29.8. The summed E-state index contributed by atoms with van der Waals surface area (Å²) in [7, 11) is 1.58. The van der Waals surface area contributed by atoms with Crippen molar-refractivity contribution in [1.29, 1.82) is 0 Å². The molecule has 1 aromatic carbocycles. The Labute approximate surface area is 236 Å². The molecule has 218 valence electrons. The van der Waals surface area contributed by atoms with E-state index in [0.29, 0.717) is 56.5 Å². The summed E-state index contributed by atoms with van der Waals surface area (Å²) in [6, 6.07) is 6.26. The van der Waals surface area contributed by atoms with Crippen molar-refractivity contribution >= 4 is 23.5 Å². The van der Waals surface area contributed by atoms with Crippen LogP contribution < -0.4 is 9.64 Å². The van der Waals surface area contributed by atoms with Gasteiger partial charge in [-0.1, -0.05) is 12.2 Å². The van der Waals surface area contributed by atoms with Crippen LogP contribution in [0.1, 0.15) is 51.9 Å². The van der Waals surface area contributed by atoms with Crippen LogP contribution in [0.5, 0.6) is 5.75 Å². The van der Waals surface area contributed by atoms with Crippen LogP contribution in [-0.2, 0) is 23.9 Å². The highest BCUT2D eigenvalue weighted by Crippen LogP contribution is 2.63. The molecule has 3 heterocycles. The summed E-state index contributed by atoms with van der Waals surface area (Å²) in [6.45, 7) is 10.3. The lowest BCUT2D eigenvalue weighted by atomic mass is 9.66. The second-order valence-corrected chi connectivity index (χ2v) is 11.1. The summed E-state index contributed by atoms with van der Waals surface area (Å²) in [5.41, 5.74) is -1.37. The number of nitrogens with zero attached hydrogens (tertiary/aromatic N) is 2. The van der Waals surface area contributed by atoms with Gasteiger partial charge in [-0.3, -0.25) is 14.4 Å². The first-order valence-electron chi connectivity index (χ1n) is 14.2. The highest BCUT2D eigenvalue weighted by Gasteiger charge is 2.78. The third kappa shape index (κ3) is 5.29. The van der Waals surface area contributed by atoms with Crippen LogP contribution in [0.15, 0.2) is 49.6 Å². The van der Waals surface area contributed by atoms with E-state index in [1.54, 1.807) is 53.3 Å². The molecule has 9 nitrogen and oxygen atoms in total. The average Bonchev–Trinajstić information content (AvgIpc) is 3.52. The Morgan fingerprint density at radius 2 is 1.90 bits per heavy atom. The van der Waals surface area contributed by atoms with Gasteiger partial charge in [-0.05, 0) is 76.1 Å². The van der Waals surface area contributed by atoms with E-state index >= 15 is 0 Å². The molecular weight excluding hydrogens is 512 g/mol. The van der Waals surface area contributed by atoms with Crippen molar-refractivity contribution in [2.45, 2.75) is 69.1 Å². The molecule has 3 fully saturated rings. The number of fused-ring (bicyclic) bond motifs is 1. The van der Waals surface area contributed by atoms with E-state index in [9.17, 15) is 19.5 Å². The fourth-order valence-corrected chi connectivity index (χ4v) is 6.73. The van der Waals surface area contributed by atoms with Gasteiger partial charge in [0.05, 0.1) is 25.2 Å². The van der Waals surface area contributed by atoms with Gasteiger partial charge in [-0.25, -0.2) is 0 Å². The predicted molar refractivity (Wildman–Crippen MR) is 151 cm³/mol. The molecule has 9 heteroatoms. The number of amides is 2. The Morgan fingerprint density at radius 1 is 1.15 bits per heavy atom. The zero-order valence-corrected chi connectivity index (χ0v) is 23.7. The van der Waals surface area contributed by atoms with Crippen LogP contribution in [0.2, 0.25) is 0 Å². The smallest absolute Gasteiger partial charge is 0.312 e. The molecule has 3 aliphatic heterocycles. The first-order valence-corrected chi connectivity index (χ1v) is 14.2. The number of unbranched alkanes of at least 4 members (excludes halogenated alkanes) is 3. The molecule has 0 aromatic heterocycles. The third-order valence-electron chi connectivity index (χ3n) is 8.58. The number of allylic oxidation sites excluding steroid dienone is 1. The monoisotopic (exact) mass is 554 g/mol. The van der Waals surface area contributed by atoms with Crippen molar-refractivity contribution in [3.8, 4) is 5.75 Å². The Bertz CT molecular complexity index is 1110. The summed E-state index contributed by atoms with van der Waals surface area (Å²) < 4.78 is 17.6. The second-order valence-electron chi connectivity index (χ2n) is 11.1. The van der Waals surface area contributed by atoms with Crippen LogP contribution in [0.25, 0.3) is 0 Å². The van der Waals surface area contributed by atoms with E-state index in [4.69, 9.17) is 14.2 Å². The zero-order valence-electron chi connectivity index (χ0n) is 23.7. The Balaban J connectivity index is 1.70. The maximum Gasteiger partial charge on any atom is 0.312 e. The molecule has 2 bridgehead atoms. The summed E-state index contributed by atoms with van der Waals surface area (Å²) in [6.07, 6.45) is 7.78. The van der Waals surface area contributed by atoms with Crippen molar-refractivity contribution < 1.29 is 33.7 Å². The maximum absolute atomic E-state index is 14.5. The Hall–Kier alpha value is -3.17. The molecule has 1 aromatic rings. The van der Waals surface area contributed by atoms with Gasteiger partial charge in [0, 0.05) is 25.4 Å². The van der Waals surface area contributed by atoms with Crippen molar-refractivity contribution in [3.63, 3.8) is 0 Å². The van der Waals surface area contributed by atoms with E-state index in [2.05, 4.69) is 13.2 Å². The van der Waals surface area contributed by atoms with Gasteiger partial charge in [0.1, 0.15) is 23.3 Å². The Kier molecular flexibility index (Phi) is 9.36. The fraction of sp³-hybridized carbons (Fsp3) is 0.581. The number of benzene rings is 1. The number of likely N-dealkylation sites (tertiary alicyclic amines) is 1. The summed E-state index contributed by atoms with van der Waals surface area (Å²) in [5.74, 6) is -1.89. The van der Waals surface area contributed by atoms with E-state index in [-0.39, 0.29) is 31.6 Å². The topological polar surface area (TPSA) is 106 Å². The van der Waals surface area contributed by atoms with Crippen molar-refractivity contribution in [1.82, 2.24) is 4.90 Å². The minimum Gasteiger partial charge on any atom is -0.497 e. The molecule has 3 aliphatic rings. The number of rotatable bonds is 15. The number of carbonyl (C=O) groups excluding carboxylic acids is 3. The summed E-state index contributed by atoms with van der Waals surface area (Å²) in [4.78, 5) is 45.3. The van der Waals surface area contributed by atoms with Crippen molar-refractivity contribution in [2.75, 3.05) is 38.3 Å². The normalized spacial score (nSPS) is 28.3. The molecule has 3 saturated heterocycles. The first-order chi connectivity index (χ1) is 19.3. The number of carbonyl (C=O) groups is 3. The molecule has 0 radical (unpaired) electrons. The lowest BCUT2D eigenvalue weighted by Crippen LogP contribution is -2.56. The highest BCUT2D eigenvalue weighted by atomic mass is 16.6. The molecule has 0 aliphatic carbocycles. The van der Waals surface area contributed by atoms with Gasteiger partial charge in [-0.15, -0.1) is 13.2 Å². The molecule has 1 spiro atoms. The standard InChI is InChI=1S/C31H42N2O7/c1-5-7-11-21-39-29(37)25-24-27(35)33(19-9-8-10-20-34)26(31(24)17-16-30(25,3)40-31)28(36)32(18-6-2)22-12-14-23(38-4)15-13-22/h5-6,12-15,24-26,34H,1-2,7-11,16-21H2,3-4H3/t24-,25-,26?,30+,31?/m0/s1. The highest BCUT2D eigenvalue weighted by molar-refractivity contribution is 6.04. The Morgan fingerprint density at radius 3 is 2.55 bits per heavy atom. The second kappa shape index (κ2) is 12.6. The largest absolute Gasteiger partial charge is 0.497 e. The number of aliphatic hydroxyl groups excluding tert-OH is 1. The fourth-order valence-electron chi connectivity index (χ4n) is 6.73. The van der Waals surface area contributed by atoms with Gasteiger partial charge >= 0.3 is 5.97 Å². The quantitative estimate of drug-likeness (QED) is 0.200. The number of esters is 1. The summed E-state index contributed by atoms with van der Waals surface area (Å²) in [5, 5.41) is 9.25. The number of ether oxygens (including phenoxy) is 3. The van der Waals surface area contributed by atoms with Gasteiger partial charge in [0.25, 0.3) is 5.91 Å². The van der Waals surface area contributed by atoms with Gasteiger partial charge in [0.15, 0.2) is 0 Å². The molecule has 1 N–H and O–H groups in total. The van der Waals surface area contributed by atoms with E-state index in [0.717, 1.165) is 6.42 Å². The number of anilines is 1. The lowest BCUT2D eigenvalue weighted by molar-refractivity contribution is -0.159. The molecule has 5 atom stereocenters. The molecule has 2 unspecified atom stereocenters. The minimum absolute atomic E-state index is 0.0642. The van der Waals surface area contributed by atoms with Crippen LogP contribution in [0, 0.1) is 11.8 Å². The minimum atomic E-state index is -1.13. The number of methoxy groups -OCH3 is 1. The van der Waals surface area contributed by atoms with Crippen LogP contribution >= 0.6 is 0 Å². The molecular formula is C31H42N2O7. The zero-order chi connectivity index (χ0) is 28.9. The van der Waals surface area contributed by atoms with Gasteiger partial charge in [0.2, 0.25) is 5.91 Å². The number of hydrogen-bond donors (Lipinski definition) is 1. The molecule has 4 rings (SSSR count). The van der Waals surface area contributed by atoms with Gasteiger partial charge < -0.3 is 29.1 Å². The maximum atomic E-state index is 14.5. The average molecular weight is 555 g/mol. The van der Waals surface area contributed by atoms with Crippen LogP contribution in [-0.4, -0.2) is 78.4 Å².